The van der Waals surface area contributed by atoms with Crippen molar-refractivity contribution in [1.29, 1.82) is 0 Å². The minimum Gasteiger partial charge on any atom is -0.348 e. The molecule has 0 saturated carbocycles. The number of rotatable bonds is 4. The molecule has 0 aliphatic rings. The molecule has 7 heteroatoms. The van der Waals surface area contributed by atoms with Crippen molar-refractivity contribution >= 4 is 28.4 Å². The van der Waals surface area contributed by atoms with Crippen LogP contribution in [0, 0.1) is 5.82 Å². The Kier molecular flexibility index (Phi) is 4.56. The second kappa shape index (κ2) is 7.17. The first kappa shape index (κ1) is 17.2. The van der Waals surface area contributed by atoms with E-state index in [9.17, 15) is 9.18 Å². The van der Waals surface area contributed by atoms with Gasteiger partial charge in [0, 0.05) is 24.3 Å². The number of hydrogen-bond donors (Lipinski definition) is 1. The lowest BCUT2D eigenvalue weighted by atomic mass is 10.1. The van der Waals surface area contributed by atoms with Crippen molar-refractivity contribution in [2.75, 3.05) is 0 Å². The SMILES string of the molecule is O=C(NCc1ccc(-n2ccnc2)c(F)c1)c1cc(Cl)nc2ccccc12. The molecular weight excluding hydrogens is 367 g/mol. The van der Waals surface area contributed by atoms with Crippen LogP contribution >= 0.6 is 11.6 Å². The minimum atomic E-state index is -0.392. The smallest absolute Gasteiger partial charge is 0.252 e. The third-order valence-electron chi connectivity index (χ3n) is 4.18. The van der Waals surface area contributed by atoms with E-state index in [0.29, 0.717) is 27.7 Å². The Morgan fingerprint density at radius 1 is 1.19 bits per heavy atom. The summed E-state index contributed by atoms with van der Waals surface area (Å²) in [6, 6.07) is 13.6. The summed E-state index contributed by atoms with van der Waals surface area (Å²) in [5.41, 5.74) is 2.12. The number of carbonyl (C=O) groups excluding carboxylic acids is 1. The lowest BCUT2D eigenvalue weighted by Crippen LogP contribution is -2.23. The van der Waals surface area contributed by atoms with Gasteiger partial charge in [-0.1, -0.05) is 35.9 Å². The maximum absolute atomic E-state index is 14.3. The van der Waals surface area contributed by atoms with Gasteiger partial charge in [0.15, 0.2) is 0 Å². The molecule has 0 bridgehead atoms. The average Bonchev–Trinajstić information content (AvgIpc) is 3.20. The molecule has 5 nitrogen and oxygen atoms in total. The zero-order valence-corrected chi connectivity index (χ0v) is 14.8. The molecule has 0 aliphatic heterocycles. The summed E-state index contributed by atoms with van der Waals surface area (Å²) < 4.78 is 15.9. The maximum Gasteiger partial charge on any atom is 0.252 e. The number of fused-ring (bicyclic) bond motifs is 1. The van der Waals surface area contributed by atoms with E-state index in [1.165, 1.54) is 18.5 Å². The second-order valence-electron chi connectivity index (χ2n) is 5.95. The van der Waals surface area contributed by atoms with Crippen LogP contribution in [0.25, 0.3) is 16.6 Å². The normalized spacial score (nSPS) is 10.9. The maximum atomic E-state index is 14.3. The molecule has 4 aromatic rings. The number of amides is 1. The topological polar surface area (TPSA) is 59.8 Å². The van der Waals surface area contributed by atoms with Crippen molar-refractivity contribution in [2.45, 2.75) is 6.54 Å². The average molecular weight is 381 g/mol. The number of carbonyl (C=O) groups is 1. The predicted octanol–water partition coefficient (Wildman–Crippen LogP) is 4.14. The molecule has 1 N–H and O–H groups in total. The number of halogens is 2. The number of nitrogens with one attached hydrogen (secondary N) is 1. The lowest BCUT2D eigenvalue weighted by Gasteiger charge is -2.10. The van der Waals surface area contributed by atoms with Gasteiger partial charge in [0.2, 0.25) is 0 Å². The van der Waals surface area contributed by atoms with Crippen molar-refractivity contribution < 1.29 is 9.18 Å². The fourth-order valence-corrected chi connectivity index (χ4v) is 3.08. The number of hydrogen-bond acceptors (Lipinski definition) is 3. The highest BCUT2D eigenvalue weighted by Crippen LogP contribution is 2.21. The molecule has 0 atom stereocenters. The van der Waals surface area contributed by atoms with Crippen molar-refractivity contribution in [3.05, 3.63) is 89.3 Å². The highest BCUT2D eigenvalue weighted by molar-refractivity contribution is 6.30. The third-order valence-corrected chi connectivity index (χ3v) is 4.37. The van der Waals surface area contributed by atoms with Gasteiger partial charge >= 0.3 is 0 Å². The largest absolute Gasteiger partial charge is 0.348 e. The fourth-order valence-electron chi connectivity index (χ4n) is 2.88. The van der Waals surface area contributed by atoms with Crippen molar-refractivity contribution in [3.8, 4) is 5.69 Å². The lowest BCUT2D eigenvalue weighted by molar-refractivity contribution is 0.0952. The van der Waals surface area contributed by atoms with Crippen LogP contribution in [-0.2, 0) is 6.54 Å². The second-order valence-corrected chi connectivity index (χ2v) is 6.34. The molecule has 4 rings (SSSR count). The van der Waals surface area contributed by atoms with Gasteiger partial charge in [-0.05, 0) is 29.8 Å². The summed E-state index contributed by atoms with van der Waals surface area (Å²) in [4.78, 5) is 20.7. The number of benzene rings is 2. The van der Waals surface area contributed by atoms with E-state index < -0.39 is 5.82 Å². The Morgan fingerprint density at radius 2 is 2.04 bits per heavy atom. The Labute approximate surface area is 159 Å². The van der Waals surface area contributed by atoms with E-state index in [1.807, 2.05) is 18.2 Å². The summed E-state index contributed by atoms with van der Waals surface area (Å²) in [5.74, 6) is -0.688. The summed E-state index contributed by atoms with van der Waals surface area (Å²) in [6.07, 6.45) is 4.77. The molecule has 0 radical (unpaired) electrons. The third kappa shape index (κ3) is 3.52. The van der Waals surface area contributed by atoms with Gasteiger partial charge in [-0.15, -0.1) is 0 Å². The van der Waals surface area contributed by atoms with Gasteiger partial charge < -0.3 is 9.88 Å². The molecule has 0 saturated heterocycles. The van der Waals surface area contributed by atoms with Gasteiger partial charge in [-0.2, -0.15) is 0 Å². The van der Waals surface area contributed by atoms with Gasteiger partial charge in [0.25, 0.3) is 5.91 Å². The highest BCUT2D eigenvalue weighted by Gasteiger charge is 2.13. The molecule has 2 heterocycles. The Morgan fingerprint density at radius 3 is 2.81 bits per heavy atom. The zero-order valence-electron chi connectivity index (χ0n) is 14.1. The Hall–Kier alpha value is -3.25. The molecule has 0 spiro atoms. The van der Waals surface area contributed by atoms with Crippen LogP contribution in [0.2, 0.25) is 5.15 Å². The summed E-state index contributed by atoms with van der Waals surface area (Å²) in [6.45, 7) is 0.189. The van der Waals surface area contributed by atoms with Gasteiger partial charge in [0.1, 0.15) is 11.0 Å². The van der Waals surface area contributed by atoms with E-state index in [1.54, 1.807) is 35.2 Å². The van der Waals surface area contributed by atoms with Crippen LogP contribution in [0.15, 0.2) is 67.3 Å². The molecule has 2 aromatic heterocycles. The molecule has 2 aromatic carbocycles. The van der Waals surface area contributed by atoms with Crippen LogP contribution in [-0.4, -0.2) is 20.4 Å². The number of imidazole rings is 1. The van der Waals surface area contributed by atoms with Crippen LogP contribution < -0.4 is 5.32 Å². The summed E-state index contributed by atoms with van der Waals surface area (Å²) >= 11 is 6.02. The van der Waals surface area contributed by atoms with Crippen LogP contribution in [0.3, 0.4) is 0 Å². The van der Waals surface area contributed by atoms with E-state index in [2.05, 4.69) is 15.3 Å². The Bertz CT molecular complexity index is 1130. The molecular formula is C20H14ClFN4O. The first-order valence-corrected chi connectivity index (χ1v) is 8.60. The Balaban J connectivity index is 1.54. The van der Waals surface area contributed by atoms with E-state index in [0.717, 1.165) is 0 Å². The number of aromatic nitrogens is 3. The minimum absolute atomic E-state index is 0.189. The summed E-state index contributed by atoms with van der Waals surface area (Å²) in [5, 5.41) is 3.76. The first-order valence-electron chi connectivity index (χ1n) is 8.22. The highest BCUT2D eigenvalue weighted by atomic mass is 35.5. The van der Waals surface area contributed by atoms with Crippen LogP contribution in [0.4, 0.5) is 4.39 Å². The predicted molar refractivity (Wildman–Crippen MR) is 101 cm³/mol. The molecule has 134 valence electrons. The number of pyridine rings is 1. The number of para-hydroxylation sites is 1. The van der Waals surface area contributed by atoms with Crippen molar-refractivity contribution in [1.82, 2.24) is 19.9 Å². The molecule has 1 amide bonds. The summed E-state index contributed by atoms with van der Waals surface area (Å²) in [7, 11) is 0. The monoisotopic (exact) mass is 380 g/mol. The number of nitrogens with zero attached hydrogens (tertiary/aromatic N) is 3. The first-order chi connectivity index (χ1) is 13.1. The van der Waals surface area contributed by atoms with Crippen molar-refractivity contribution in [3.63, 3.8) is 0 Å². The fraction of sp³-hybridized carbons (Fsp3) is 0.0500. The molecule has 0 unspecified atom stereocenters. The standard InChI is InChI=1S/C20H14ClFN4O/c21-19-10-15(14-3-1-2-4-17(14)25-19)20(27)24-11-13-5-6-18(16(22)9-13)26-8-7-23-12-26/h1-10,12H,11H2,(H,24,27). The molecule has 0 fully saturated rings. The molecule has 0 aliphatic carbocycles. The van der Waals surface area contributed by atoms with E-state index in [-0.39, 0.29) is 17.6 Å². The van der Waals surface area contributed by atoms with Gasteiger partial charge in [0.05, 0.1) is 23.1 Å². The van der Waals surface area contributed by atoms with Crippen LogP contribution in [0.5, 0.6) is 0 Å². The van der Waals surface area contributed by atoms with Gasteiger partial charge in [-0.25, -0.2) is 14.4 Å². The quantitative estimate of drug-likeness (QED) is 0.541. The van der Waals surface area contributed by atoms with Crippen molar-refractivity contribution in [2.24, 2.45) is 0 Å². The van der Waals surface area contributed by atoms with Crippen LogP contribution in [0.1, 0.15) is 15.9 Å². The van der Waals surface area contributed by atoms with E-state index >= 15 is 0 Å². The molecule has 27 heavy (non-hydrogen) atoms. The van der Waals surface area contributed by atoms with E-state index in [4.69, 9.17) is 11.6 Å². The zero-order chi connectivity index (χ0) is 18.8. The van der Waals surface area contributed by atoms with Gasteiger partial charge in [-0.3, -0.25) is 4.79 Å².